The average molecular weight is 413 g/mol. The van der Waals surface area contributed by atoms with Gasteiger partial charge in [0.05, 0.1) is 19.0 Å². The number of rotatable bonds is 5. The van der Waals surface area contributed by atoms with Crippen LogP contribution in [-0.2, 0) is 16.1 Å². The zero-order chi connectivity index (χ0) is 19.5. The van der Waals surface area contributed by atoms with Crippen LogP contribution in [0.1, 0.15) is 37.3 Å². The molecule has 2 aliphatic rings. The molecule has 2 nitrogen and oxygen atoms in total. The van der Waals surface area contributed by atoms with Gasteiger partial charge < -0.3 is 9.47 Å². The number of hydrogen-bond acceptors (Lipinski definition) is 3. The zero-order valence-corrected chi connectivity index (χ0v) is 17.6. The summed E-state index contributed by atoms with van der Waals surface area (Å²) in [4.78, 5) is 0.976. The summed E-state index contributed by atoms with van der Waals surface area (Å²) >= 11 is 12.3. The van der Waals surface area contributed by atoms with E-state index in [-0.39, 0.29) is 18.1 Å². The molecule has 2 aromatic rings. The highest BCUT2D eigenvalue weighted by atomic mass is 35.5. The summed E-state index contributed by atoms with van der Waals surface area (Å²) in [6.45, 7) is 2.88. The molecule has 0 saturated heterocycles. The molecule has 4 unspecified atom stereocenters. The van der Waals surface area contributed by atoms with Crippen LogP contribution in [0.15, 0.2) is 60.9 Å². The summed E-state index contributed by atoms with van der Waals surface area (Å²) in [7, 11) is 0. The summed E-state index contributed by atoms with van der Waals surface area (Å²) in [5.74, 6) is 0.727. The van der Waals surface area contributed by atoms with Gasteiger partial charge in [-0.1, -0.05) is 85.7 Å². The van der Waals surface area contributed by atoms with Gasteiger partial charge in [0.25, 0.3) is 0 Å². The second-order valence-corrected chi connectivity index (χ2v) is 8.48. The molecule has 1 aliphatic carbocycles. The molecular formula is C24H25ClO2S. The summed E-state index contributed by atoms with van der Waals surface area (Å²) in [6, 6.07) is 18.2. The van der Waals surface area contributed by atoms with Gasteiger partial charge in [0.2, 0.25) is 0 Å². The van der Waals surface area contributed by atoms with E-state index < -0.39 is 0 Å². The highest BCUT2D eigenvalue weighted by molar-refractivity contribution is 7.81. The molecular weight excluding hydrogens is 388 g/mol. The highest BCUT2D eigenvalue weighted by Gasteiger charge is 2.42. The van der Waals surface area contributed by atoms with Crippen LogP contribution in [0.4, 0.5) is 0 Å². The van der Waals surface area contributed by atoms with Crippen molar-refractivity contribution in [1.82, 2.24) is 0 Å². The van der Waals surface area contributed by atoms with Gasteiger partial charge in [0, 0.05) is 33.4 Å². The third-order valence-electron chi connectivity index (χ3n) is 5.95. The van der Waals surface area contributed by atoms with Crippen molar-refractivity contribution in [2.45, 2.75) is 45.0 Å². The van der Waals surface area contributed by atoms with Crippen LogP contribution in [0.25, 0.3) is 5.57 Å². The summed E-state index contributed by atoms with van der Waals surface area (Å²) in [5.41, 5.74) is 3.13. The molecule has 28 heavy (non-hydrogen) atoms. The fraction of sp³-hybridized carbons (Fsp3) is 0.375. The maximum atomic E-state index is 6.40. The Morgan fingerprint density at radius 1 is 1.07 bits per heavy atom. The van der Waals surface area contributed by atoms with Crippen molar-refractivity contribution in [2.24, 2.45) is 11.8 Å². The van der Waals surface area contributed by atoms with Crippen molar-refractivity contribution in [3.63, 3.8) is 0 Å². The van der Waals surface area contributed by atoms with E-state index in [4.69, 9.17) is 33.3 Å². The minimum absolute atomic E-state index is 0.0855. The van der Waals surface area contributed by atoms with Crippen LogP contribution in [0.2, 0.25) is 5.02 Å². The molecule has 0 radical (unpaired) electrons. The van der Waals surface area contributed by atoms with Crippen LogP contribution >= 0.6 is 23.8 Å². The molecule has 4 atom stereocenters. The largest absolute Gasteiger partial charge is 0.497 e. The Labute approximate surface area is 177 Å². The van der Waals surface area contributed by atoms with Crippen LogP contribution in [0, 0.1) is 11.8 Å². The first-order valence-electron chi connectivity index (χ1n) is 9.97. The Bertz CT molecular complexity index is 864. The van der Waals surface area contributed by atoms with Gasteiger partial charge in [0.1, 0.15) is 6.10 Å². The summed E-state index contributed by atoms with van der Waals surface area (Å²) in [6.07, 6.45) is 5.05. The third-order valence-corrected chi connectivity index (χ3v) is 6.81. The van der Waals surface area contributed by atoms with Crippen molar-refractivity contribution >= 4 is 34.3 Å². The molecule has 0 aromatic heterocycles. The van der Waals surface area contributed by atoms with E-state index in [1.807, 2.05) is 36.6 Å². The molecule has 146 valence electrons. The topological polar surface area (TPSA) is 18.5 Å². The van der Waals surface area contributed by atoms with E-state index in [1.165, 1.54) is 5.56 Å². The van der Waals surface area contributed by atoms with Crippen LogP contribution in [0.5, 0.6) is 0 Å². The van der Waals surface area contributed by atoms with Gasteiger partial charge in [-0.05, 0) is 24.0 Å². The van der Waals surface area contributed by atoms with Crippen LogP contribution in [-0.4, -0.2) is 17.1 Å². The quantitative estimate of drug-likeness (QED) is 0.524. The number of hydrogen-bond donors (Lipinski definition) is 0. The highest BCUT2D eigenvalue weighted by Crippen LogP contribution is 2.42. The van der Waals surface area contributed by atoms with E-state index in [0.29, 0.717) is 17.5 Å². The number of halogens is 1. The van der Waals surface area contributed by atoms with Gasteiger partial charge in [-0.2, -0.15) is 0 Å². The molecule has 1 aliphatic heterocycles. The Balaban J connectivity index is 1.49. The molecule has 0 N–H and O–H groups in total. The second-order valence-electron chi connectivity index (χ2n) is 7.63. The number of thiocarbonyl (C=S) groups is 1. The summed E-state index contributed by atoms with van der Waals surface area (Å²) in [5, 5.41) is 0.713. The first-order chi connectivity index (χ1) is 13.7. The lowest BCUT2D eigenvalue weighted by Crippen LogP contribution is -2.45. The van der Waals surface area contributed by atoms with Gasteiger partial charge >= 0.3 is 0 Å². The lowest BCUT2D eigenvalue weighted by Gasteiger charge is -2.43. The first kappa shape index (κ1) is 19.6. The predicted octanol–water partition coefficient (Wildman–Crippen LogP) is 6.47. The Hall–Kier alpha value is -1.68. The van der Waals surface area contributed by atoms with Gasteiger partial charge in [-0.3, -0.25) is 0 Å². The standard InChI is InChI=1S/C24H25ClO2S/c1-2-17-12-19-23(13-22(17)26-14-16-8-4-3-5-9-16)27-15-20(24(19)28)18-10-6-7-11-21(18)25/h3-11,15,17,19,22-23H,2,12-14H2,1H3. The summed E-state index contributed by atoms with van der Waals surface area (Å²) < 4.78 is 12.5. The molecule has 1 saturated carbocycles. The molecule has 4 heteroatoms. The molecule has 0 amide bonds. The number of fused-ring (bicyclic) bond motifs is 1. The average Bonchev–Trinajstić information content (AvgIpc) is 2.73. The van der Waals surface area contributed by atoms with Gasteiger partial charge in [-0.25, -0.2) is 0 Å². The minimum atomic E-state index is 0.0855. The Morgan fingerprint density at radius 2 is 1.82 bits per heavy atom. The van der Waals surface area contributed by atoms with E-state index in [9.17, 15) is 0 Å². The molecule has 0 bridgehead atoms. The zero-order valence-electron chi connectivity index (χ0n) is 16.0. The Morgan fingerprint density at radius 3 is 2.57 bits per heavy atom. The monoisotopic (exact) mass is 412 g/mol. The van der Waals surface area contributed by atoms with Crippen molar-refractivity contribution < 1.29 is 9.47 Å². The third kappa shape index (κ3) is 4.03. The normalized spacial score (nSPS) is 26.9. The van der Waals surface area contributed by atoms with E-state index in [2.05, 4.69) is 31.2 Å². The maximum absolute atomic E-state index is 6.40. The number of allylic oxidation sites excluding steroid dienone is 1. The van der Waals surface area contributed by atoms with E-state index in [1.54, 1.807) is 0 Å². The number of benzene rings is 2. The van der Waals surface area contributed by atoms with E-state index in [0.717, 1.165) is 35.3 Å². The van der Waals surface area contributed by atoms with Crippen LogP contribution < -0.4 is 0 Å². The molecule has 4 rings (SSSR count). The molecule has 1 fully saturated rings. The lowest BCUT2D eigenvalue weighted by molar-refractivity contribution is -0.0723. The SMILES string of the molecule is CCC1CC2C(=S)C(c3ccccc3Cl)=COC2CC1OCc1ccccc1. The number of ether oxygens (including phenoxy) is 2. The predicted molar refractivity (Wildman–Crippen MR) is 118 cm³/mol. The maximum Gasteiger partial charge on any atom is 0.108 e. The fourth-order valence-electron chi connectivity index (χ4n) is 4.34. The van der Waals surface area contributed by atoms with Crippen molar-refractivity contribution in [1.29, 1.82) is 0 Å². The van der Waals surface area contributed by atoms with Gasteiger partial charge in [0.15, 0.2) is 0 Å². The molecule has 1 heterocycles. The first-order valence-corrected chi connectivity index (χ1v) is 10.8. The lowest BCUT2D eigenvalue weighted by atomic mass is 9.72. The Kier molecular flexibility index (Phi) is 6.15. The smallest absolute Gasteiger partial charge is 0.108 e. The van der Waals surface area contributed by atoms with Gasteiger partial charge in [-0.15, -0.1) is 0 Å². The molecule has 2 aromatic carbocycles. The van der Waals surface area contributed by atoms with Crippen molar-refractivity contribution in [3.8, 4) is 0 Å². The van der Waals surface area contributed by atoms with Crippen molar-refractivity contribution in [2.75, 3.05) is 0 Å². The minimum Gasteiger partial charge on any atom is -0.497 e. The molecule has 0 spiro atoms. The fourth-order valence-corrected chi connectivity index (χ4v) is 4.99. The van der Waals surface area contributed by atoms with E-state index >= 15 is 0 Å². The van der Waals surface area contributed by atoms with Crippen LogP contribution in [0.3, 0.4) is 0 Å². The second kappa shape index (κ2) is 8.77. The van der Waals surface area contributed by atoms with Crippen molar-refractivity contribution in [3.05, 3.63) is 77.0 Å².